The highest BCUT2D eigenvalue weighted by atomic mass is 16.6. The molecular weight excluding hydrogens is 470 g/mol. The minimum Gasteiger partial charge on any atom is -0.458 e. The fourth-order valence-corrected chi connectivity index (χ4v) is 3.53. The lowest BCUT2D eigenvalue weighted by Gasteiger charge is -2.23. The molecule has 0 saturated carbocycles. The molecule has 0 spiro atoms. The number of carbonyl (C=O) groups excluding carboxylic acids is 3. The van der Waals surface area contributed by atoms with E-state index in [1.165, 1.54) is 4.90 Å². The Hall–Kier alpha value is -4.20. The van der Waals surface area contributed by atoms with Crippen molar-refractivity contribution in [3.05, 3.63) is 102 Å². The Balaban J connectivity index is 1.51. The highest BCUT2D eigenvalue weighted by Gasteiger charge is 2.27. The van der Waals surface area contributed by atoms with Gasteiger partial charge in [-0.15, -0.1) is 0 Å². The van der Waals surface area contributed by atoms with Crippen LogP contribution in [0.2, 0.25) is 0 Å². The molecule has 2 aromatic carbocycles. The molecule has 8 heteroatoms. The van der Waals surface area contributed by atoms with Crippen molar-refractivity contribution in [2.45, 2.75) is 32.0 Å². The van der Waals surface area contributed by atoms with E-state index in [1.54, 1.807) is 25.2 Å². The SMILES string of the molecule is CN(CCc1ccccn1)C(=O)CCN(C)C(=O)O[C@@H](Cc1ccccc1)C(=O)OCc1ccccc1. The summed E-state index contributed by atoms with van der Waals surface area (Å²) in [6.45, 7) is 0.761. The van der Waals surface area contributed by atoms with E-state index in [9.17, 15) is 14.4 Å². The fourth-order valence-electron chi connectivity index (χ4n) is 3.53. The summed E-state index contributed by atoms with van der Waals surface area (Å²) in [6.07, 6.45) is 0.877. The van der Waals surface area contributed by atoms with Gasteiger partial charge >= 0.3 is 12.1 Å². The zero-order valence-corrected chi connectivity index (χ0v) is 21.3. The van der Waals surface area contributed by atoms with Crippen molar-refractivity contribution in [3.63, 3.8) is 0 Å². The van der Waals surface area contributed by atoms with Crippen LogP contribution in [0.1, 0.15) is 23.2 Å². The largest absolute Gasteiger partial charge is 0.458 e. The van der Waals surface area contributed by atoms with Crippen LogP contribution < -0.4 is 0 Å². The standard InChI is InChI=1S/C29H33N3O5/c1-31(19-16-25-15-9-10-18-30-25)27(33)17-20-32(2)29(35)37-26(21-23-11-5-3-6-12-23)28(34)36-22-24-13-7-4-8-14-24/h3-15,18,26H,16-17,19-22H2,1-2H3/t26-/m0/s1. The quantitative estimate of drug-likeness (QED) is 0.349. The maximum Gasteiger partial charge on any atom is 0.410 e. The molecule has 0 N–H and O–H groups in total. The zero-order valence-electron chi connectivity index (χ0n) is 21.3. The number of hydrogen-bond donors (Lipinski definition) is 0. The molecule has 0 radical (unpaired) electrons. The number of hydrogen-bond acceptors (Lipinski definition) is 6. The summed E-state index contributed by atoms with van der Waals surface area (Å²) in [5, 5.41) is 0. The number of pyridine rings is 1. The zero-order chi connectivity index (χ0) is 26.5. The van der Waals surface area contributed by atoms with E-state index >= 15 is 0 Å². The smallest absolute Gasteiger partial charge is 0.410 e. The van der Waals surface area contributed by atoms with Crippen molar-refractivity contribution < 1.29 is 23.9 Å². The number of nitrogens with zero attached hydrogens (tertiary/aromatic N) is 3. The van der Waals surface area contributed by atoms with E-state index in [1.807, 2.05) is 78.9 Å². The molecule has 0 fully saturated rings. The van der Waals surface area contributed by atoms with Gasteiger partial charge in [-0.1, -0.05) is 66.7 Å². The van der Waals surface area contributed by atoms with Gasteiger partial charge in [0.25, 0.3) is 0 Å². The number of aromatic nitrogens is 1. The summed E-state index contributed by atoms with van der Waals surface area (Å²) in [4.78, 5) is 45.3. The molecule has 1 aromatic heterocycles. The van der Waals surface area contributed by atoms with Crippen molar-refractivity contribution in [2.75, 3.05) is 27.2 Å². The van der Waals surface area contributed by atoms with Gasteiger partial charge < -0.3 is 19.3 Å². The molecule has 8 nitrogen and oxygen atoms in total. The second kappa shape index (κ2) is 14.4. The Labute approximate surface area is 217 Å². The second-order valence-corrected chi connectivity index (χ2v) is 8.71. The van der Waals surface area contributed by atoms with Gasteiger partial charge in [0, 0.05) is 58.3 Å². The maximum absolute atomic E-state index is 12.8. The van der Waals surface area contributed by atoms with Crippen LogP contribution in [-0.4, -0.2) is 66.0 Å². The van der Waals surface area contributed by atoms with Gasteiger partial charge in [0.05, 0.1) is 0 Å². The topological polar surface area (TPSA) is 89.0 Å². The van der Waals surface area contributed by atoms with Gasteiger partial charge in [-0.05, 0) is 23.3 Å². The van der Waals surface area contributed by atoms with Crippen LogP contribution >= 0.6 is 0 Å². The summed E-state index contributed by atoms with van der Waals surface area (Å²) in [5.41, 5.74) is 2.58. The van der Waals surface area contributed by atoms with Crippen LogP contribution in [0.25, 0.3) is 0 Å². The van der Waals surface area contributed by atoms with E-state index in [2.05, 4.69) is 4.98 Å². The van der Waals surface area contributed by atoms with E-state index in [-0.39, 0.29) is 31.9 Å². The second-order valence-electron chi connectivity index (χ2n) is 8.71. The Bertz CT molecular complexity index is 1130. The molecule has 0 saturated heterocycles. The molecule has 194 valence electrons. The Morgan fingerprint density at radius 3 is 2.11 bits per heavy atom. The third kappa shape index (κ3) is 9.40. The predicted molar refractivity (Wildman–Crippen MR) is 139 cm³/mol. The van der Waals surface area contributed by atoms with Gasteiger partial charge in [-0.25, -0.2) is 9.59 Å². The van der Waals surface area contributed by atoms with Crippen LogP contribution in [0.4, 0.5) is 4.79 Å². The molecule has 0 unspecified atom stereocenters. The van der Waals surface area contributed by atoms with E-state index in [0.29, 0.717) is 13.0 Å². The predicted octanol–water partition coefficient (Wildman–Crippen LogP) is 3.90. The Kier molecular flexibility index (Phi) is 10.6. The van der Waals surface area contributed by atoms with Crippen LogP contribution in [0.15, 0.2) is 85.1 Å². The normalized spacial score (nSPS) is 11.3. The van der Waals surface area contributed by atoms with Crippen molar-refractivity contribution in [1.82, 2.24) is 14.8 Å². The first-order valence-electron chi connectivity index (χ1n) is 12.2. The number of amides is 2. The van der Waals surface area contributed by atoms with Crippen LogP contribution in [0, 0.1) is 0 Å². The first kappa shape index (κ1) is 27.4. The van der Waals surface area contributed by atoms with E-state index < -0.39 is 18.2 Å². The number of esters is 1. The van der Waals surface area contributed by atoms with E-state index in [0.717, 1.165) is 16.8 Å². The molecular formula is C29H33N3O5. The van der Waals surface area contributed by atoms with E-state index in [4.69, 9.17) is 9.47 Å². The minimum absolute atomic E-state index is 0.0810. The molecule has 2 amide bonds. The summed E-state index contributed by atoms with van der Waals surface area (Å²) >= 11 is 0. The highest BCUT2D eigenvalue weighted by Crippen LogP contribution is 2.12. The first-order chi connectivity index (χ1) is 17.9. The van der Waals surface area contributed by atoms with Gasteiger partial charge in [0.2, 0.25) is 12.0 Å². The summed E-state index contributed by atoms with van der Waals surface area (Å²) < 4.78 is 11.0. The minimum atomic E-state index is -1.11. The number of likely N-dealkylation sites (N-methyl/N-ethyl adjacent to an activating group) is 1. The Morgan fingerprint density at radius 2 is 1.46 bits per heavy atom. The van der Waals surface area contributed by atoms with Gasteiger partial charge in [0.1, 0.15) is 6.61 Å². The van der Waals surface area contributed by atoms with Crippen molar-refractivity contribution >= 4 is 18.0 Å². The lowest BCUT2D eigenvalue weighted by atomic mass is 10.1. The number of benzene rings is 2. The summed E-state index contributed by atoms with van der Waals surface area (Å²) in [5.74, 6) is -0.724. The van der Waals surface area contributed by atoms with Gasteiger partial charge in [-0.3, -0.25) is 9.78 Å². The molecule has 0 bridgehead atoms. The lowest BCUT2D eigenvalue weighted by molar-refractivity contribution is -0.155. The number of carbonyl (C=O) groups is 3. The molecule has 0 aliphatic heterocycles. The van der Waals surface area contributed by atoms with Crippen molar-refractivity contribution in [2.24, 2.45) is 0 Å². The average molecular weight is 504 g/mol. The highest BCUT2D eigenvalue weighted by molar-refractivity contribution is 5.80. The molecule has 1 heterocycles. The van der Waals surface area contributed by atoms with Crippen molar-refractivity contribution in [1.29, 1.82) is 0 Å². The molecule has 3 rings (SSSR count). The lowest BCUT2D eigenvalue weighted by Crippen LogP contribution is -2.39. The molecule has 0 aliphatic carbocycles. The third-order valence-electron chi connectivity index (χ3n) is 5.82. The molecule has 1 atom stereocenters. The van der Waals surface area contributed by atoms with Crippen LogP contribution in [0.5, 0.6) is 0 Å². The third-order valence-corrected chi connectivity index (χ3v) is 5.82. The molecule has 37 heavy (non-hydrogen) atoms. The van der Waals surface area contributed by atoms with Crippen molar-refractivity contribution in [3.8, 4) is 0 Å². The summed E-state index contributed by atoms with van der Waals surface area (Å²) in [7, 11) is 3.26. The average Bonchev–Trinajstić information content (AvgIpc) is 2.94. The van der Waals surface area contributed by atoms with Crippen LogP contribution in [0.3, 0.4) is 0 Å². The number of ether oxygens (including phenoxy) is 2. The first-order valence-corrected chi connectivity index (χ1v) is 12.2. The monoisotopic (exact) mass is 503 g/mol. The Morgan fingerprint density at radius 1 is 0.811 bits per heavy atom. The maximum atomic E-state index is 12.8. The van der Waals surface area contributed by atoms with Gasteiger partial charge in [0.15, 0.2) is 0 Å². The molecule has 3 aromatic rings. The van der Waals surface area contributed by atoms with Crippen LogP contribution in [-0.2, 0) is 38.5 Å². The summed E-state index contributed by atoms with van der Waals surface area (Å²) in [6, 6.07) is 24.3. The fraction of sp³-hybridized carbons (Fsp3) is 0.310. The molecule has 0 aliphatic rings. The number of rotatable bonds is 12. The van der Waals surface area contributed by atoms with Gasteiger partial charge in [-0.2, -0.15) is 0 Å².